The summed E-state index contributed by atoms with van der Waals surface area (Å²) >= 11 is 6.69. The Kier molecular flexibility index (Phi) is 9.76. The molecule has 3 aromatic carbocycles. The molecule has 1 fully saturated rings. The molecule has 0 atom stereocenters. The van der Waals surface area contributed by atoms with Crippen molar-refractivity contribution in [2.24, 2.45) is 5.10 Å². The lowest BCUT2D eigenvalue weighted by Crippen LogP contribution is -2.33. The normalized spacial score (nSPS) is 14.1. The molecule has 0 unspecified atom stereocenters. The number of aryl methyl sites for hydroxylation is 1. The van der Waals surface area contributed by atoms with Gasteiger partial charge < -0.3 is 19.5 Å². The SMILES string of the molecule is COc1ccc(/C=N/NC(=O)COc2ccc(/C=C3/SC(=S)N(CNc4ccccc4C)C3=O)cc2)cc1OC. The van der Waals surface area contributed by atoms with Gasteiger partial charge >= 0.3 is 0 Å². The lowest BCUT2D eigenvalue weighted by atomic mass is 10.2. The topological polar surface area (TPSA) is 101 Å². The van der Waals surface area contributed by atoms with Crippen LogP contribution in [-0.2, 0) is 9.59 Å². The van der Waals surface area contributed by atoms with Gasteiger partial charge in [0.15, 0.2) is 18.1 Å². The molecule has 0 saturated carbocycles. The van der Waals surface area contributed by atoms with Crippen molar-refractivity contribution in [2.45, 2.75) is 6.92 Å². The fourth-order valence-corrected chi connectivity index (χ4v) is 4.93. The highest BCUT2D eigenvalue weighted by Crippen LogP contribution is 2.33. The average Bonchev–Trinajstić information content (AvgIpc) is 3.23. The molecule has 3 aromatic rings. The number of anilines is 1. The number of ether oxygens (including phenoxy) is 3. The molecule has 11 heteroatoms. The van der Waals surface area contributed by atoms with Gasteiger partial charge in [-0.1, -0.05) is 54.3 Å². The van der Waals surface area contributed by atoms with Crippen LogP contribution in [-0.4, -0.2) is 54.7 Å². The number of hydrazone groups is 1. The van der Waals surface area contributed by atoms with Gasteiger partial charge in [0.2, 0.25) is 0 Å². The van der Waals surface area contributed by atoms with Crippen LogP contribution in [0.1, 0.15) is 16.7 Å². The number of carbonyl (C=O) groups excluding carboxylic acids is 2. The summed E-state index contributed by atoms with van der Waals surface area (Å²) in [5.74, 6) is 1.10. The number of hydrogen-bond acceptors (Lipinski definition) is 9. The maximum Gasteiger partial charge on any atom is 0.277 e. The predicted octanol–water partition coefficient (Wildman–Crippen LogP) is 4.81. The molecule has 0 aromatic heterocycles. The molecule has 0 aliphatic carbocycles. The Balaban J connectivity index is 1.26. The van der Waals surface area contributed by atoms with Crippen LogP contribution in [0, 0.1) is 6.92 Å². The molecule has 2 amide bonds. The van der Waals surface area contributed by atoms with E-state index in [0.717, 1.165) is 22.4 Å². The fourth-order valence-electron chi connectivity index (χ4n) is 3.68. The monoisotopic (exact) mass is 576 g/mol. The lowest BCUT2D eigenvalue weighted by Gasteiger charge is -2.17. The van der Waals surface area contributed by atoms with Gasteiger partial charge in [0, 0.05) is 5.69 Å². The van der Waals surface area contributed by atoms with Gasteiger partial charge in [-0.25, -0.2) is 5.43 Å². The Morgan fingerprint density at radius 3 is 2.48 bits per heavy atom. The number of thiocarbonyl (C=S) groups is 1. The number of nitrogens with zero attached hydrogens (tertiary/aromatic N) is 2. The van der Waals surface area contributed by atoms with E-state index in [-0.39, 0.29) is 12.5 Å². The van der Waals surface area contributed by atoms with Crippen molar-refractivity contribution < 1.29 is 23.8 Å². The number of carbonyl (C=O) groups is 2. The number of nitrogens with one attached hydrogen (secondary N) is 2. The first-order valence-corrected chi connectivity index (χ1v) is 13.4. The summed E-state index contributed by atoms with van der Waals surface area (Å²) in [7, 11) is 3.10. The van der Waals surface area contributed by atoms with Crippen LogP contribution in [0.4, 0.5) is 5.69 Å². The van der Waals surface area contributed by atoms with Gasteiger partial charge in [-0.15, -0.1) is 0 Å². The minimum atomic E-state index is -0.413. The predicted molar refractivity (Wildman–Crippen MR) is 162 cm³/mol. The summed E-state index contributed by atoms with van der Waals surface area (Å²) in [6.07, 6.45) is 3.28. The van der Waals surface area contributed by atoms with Gasteiger partial charge in [-0.2, -0.15) is 5.10 Å². The van der Waals surface area contributed by atoms with Crippen molar-refractivity contribution in [1.82, 2.24) is 10.3 Å². The molecule has 4 rings (SSSR count). The number of hydrogen-bond donors (Lipinski definition) is 2. The Labute approximate surface area is 242 Å². The van der Waals surface area contributed by atoms with E-state index >= 15 is 0 Å². The summed E-state index contributed by atoms with van der Waals surface area (Å²) in [4.78, 5) is 27.1. The average molecular weight is 577 g/mol. The van der Waals surface area contributed by atoms with Gasteiger partial charge in [-0.05, 0) is 66.1 Å². The summed E-state index contributed by atoms with van der Waals surface area (Å²) < 4.78 is 16.5. The zero-order valence-corrected chi connectivity index (χ0v) is 23.8. The van der Waals surface area contributed by atoms with Crippen LogP contribution in [0.15, 0.2) is 76.7 Å². The van der Waals surface area contributed by atoms with Gasteiger partial charge in [0.1, 0.15) is 10.1 Å². The van der Waals surface area contributed by atoms with Crippen molar-refractivity contribution in [3.63, 3.8) is 0 Å². The second-order valence-electron chi connectivity index (χ2n) is 8.52. The zero-order chi connectivity index (χ0) is 28.5. The molecule has 0 spiro atoms. The third kappa shape index (κ3) is 7.39. The highest BCUT2D eigenvalue weighted by atomic mass is 32.2. The first kappa shape index (κ1) is 28.7. The first-order chi connectivity index (χ1) is 19.4. The first-order valence-electron chi connectivity index (χ1n) is 12.2. The maximum absolute atomic E-state index is 12.9. The minimum absolute atomic E-state index is 0.151. The number of para-hydroxylation sites is 1. The van der Waals surface area contributed by atoms with E-state index in [2.05, 4.69) is 15.8 Å². The molecule has 40 heavy (non-hydrogen) atoms. The zero-order valence-electron chi connectivity index (χ0n) is 22.2. The maximum atomic E-state index is 12.9. The third-order valence-electron chi connectivity index (χ3n) is 5.80. The van der Waals surface area contributed by atoms with Crippen LogP contribution in [0.2, 0.25) is 0 Å². The van der Waals surface area contributed by atoms with Crippen molar-refractivity contribution in [2.75, 3.05) is 32.8 Å². The number of benzene rings is 3. The second-order valence-corrected chi connectivity index (χ2v) is 10.2. The molecule has 0 bridgehead atoms. The smallest absolute Gasteiger partial charge is 0.277 e. The number of thioether (sulfide) groups is 1. The van der Waals surface area contributed by atoms with Crippen molar-refractivity contribution in [3.8, 4) is 17.2 Å². The van der Waals surface area contributed by atoms with Gasteiger partial charge in [0.05, 0.1) is 32.0 Å². The molecule has 1 aliphatic heterocycles. The molecule has 0 radical (unpaired) electrons. The van der Waals surface area contributed by atoms with Crippen LogP contribution < -0.4 is 25.0 Å². The Morgan fingerprint density at radius 1 is 1.02 bits per heavy atom. The molecule has 9 nitrogen and oxygen atoms in total. The summed E-state index contributed by atoms with van der Waals surface area (Å²) in [5, 5.41) is 7.22. The van der Waals surface area contributed by atoms with Crippen LogP contribution >= 0.6 is 24.0 Å². The molecule has 206 valence electrons. The summed E-state index contributed by atoms with van der Waals surface area (Å²) in [6, 6.07) is 20.2. The van der Waals surface area contributed by atoms with E-state index < -0.39 is 5.91 Å². The molecular formula is C29H28N4O5S2. The minimum Gasteiger partial charge on any atom is -0.493 e. The number of methoxy groups -OCH3 is 2. The van der Waals surface area contributed by atoms with E-state index in [4.69, 9.17) is 26.4 Å². The molecule has 2 N–H and O–H groups in total. The highest BCUT2D eigenvalue weighted by Gasteiger charge is 2.31. The highest BCUT2D eigenvalue weighted by molar-refractivity contribution is 8.26. The van der Waals surface area contributed by atoms with Crippen LogP contribution in [0.3, 0.4) is 0 Å². The van der Waals surface area contributed by atoms with E-state index in [1.54, 1.807) is 67.7 Å². The van der Waals surface area contributed by atoms with Crippen LogP contribution in [0.5, 0.6) is 17.2 Å². The fraction of sp³-hybridized carbons (Fsp3) is 0.172. The quantitative estimate of drug-likeness (QED) is 0.145. The summed E-state index contributed by atoms with van der Waals surface area (Å²) in [6.45, 7) is 2.08. The van der Waals surface area contributed by atoms with Crippen molar-refractivity contribution in [3.05, 3.63) is 88.3 Å². The number of amides is 2. The van der Waals surface area contributed by atoms with Gasteiger partial charge in [-0.3, -0.25) is 14.5 Å². The van der Waals surface area contributed by atoms with E-state index in [0.29, 0.717) is 33.1 Å². The molecular weight excluding hydrogens is 548 g/mol. The van der Waals surface area contributed by atoms with Crippen molar-refractivity contribution >= 4 is 58.1 Å². The van der Waals surface area contributed by atoms with E-state index in [9.17, 15) is 9.59 Å². The van der Waals surface area contributed by atoms with E-state index in [1.165, 1.54) is 18.0 Å². The molecule has 1 saturated heterocycles. The Bertz CT molecular complexity index is 1460. The largest absolute Gasteiger partial charge is 0.493 e. The van der Waals surface area contributed by atoms with E-state index in [1.807, 2.05) is 31.2 Å². The standard InChI is InChI=1S/C29H28N4O5S2/c1-19-6-4-5-7-23(19)30-18-33-28(35)26(40-29(33)39)15-20-8-11-22(12-9-20)38-17-27(34)32-31-16-21-10-13-24(36-2)25(14-21)37-3/h4-16,30H,17-18H2,1-3H3,(H,32,34)/b26-15+,31-16+. The molecule has 1 aliphatic rings. The summed E-state index contributed by atoms with van der Waals surface area (Å²) in [5.41, 5.74) is 6.01. The van der Waals surface area contributed by atoms with Crippen molar-refractivity contribution in [1.29, 1.82) is 0 Å². The second kappa shape index (κ2) is 13.6. The third-order valence-corrected chi connectivity index (χ3v) is 7.18. The number of rotatable bonds is 11. The van der Waals surface area contributed by atoms with Gasteiger partial charge in [0.25, 0.3) is 11.8 Å². The Hall–Kier alpha value is -4.35. The molecule has 1 heterocycles. The Morgan fingerprint density at radius 2 is 1.75 bits per heavy atom. The lowest BCUT2D eigenvalue weighted by molar-refractivity contribution is -0.123. The van der Waals surface area contributed by atoms with Crippen LogP contribution in [0.25, 0.3) is 6.08 Å².